The van der Waals surface area contributed by atoms with E-state index in [1.165, 1.54) is 5.56 Å². The average molecular weight is 201 g/mol. The molecule has 0 saturated heterocycles. The molecular weight excluding hydrogens is 186 g/mol. The standard InChI is InChI=1S/C13H15NO/c1-9-8-14-12(10(9)2)13(15)11-6-4-3-5-7-11/h3-8,13-15H,1-2H3. The van der Waals surface area contributed by atoms with Crippen molar-refractivity contribution in [1.29, 1.82) is 0 Å². The van der Waals surface area contributed by atoms with Crippen molar-refractivity contribution < 1.29 is 5.11 Å². The molecule has 2 nitrogen and oxygen atoms in total. The third-order valence-corrected chi connectivity index (χ3v) is 2.83. The Morgan fingerprint density at radius 2 is 1.80 bits per heavy atom. The summed E-state index contributed by atoms with van der Waals surface area (Å²) in [5, 5.41) is 10.2. The van der Waals surface area contributed by atoms with Gasteiger partial charge < -0.3 is 10.1 Å². The SMILES string of the molecule is Cc1c[nH]c(C(O)c2ccccc2)c1C. The highest BCUT2D eigenvalue weighted by Gasteiger charge is 2.14. The number of hydrogen-bond donors (Lipinski definition) is 2. The van der Waals surface area contributed by atoms with Gasteiger partial charge in [0.1, 0.15) is 6.10 Å². The van der Waals surface area contributed by atoms with E-state index in [2.05, 4.69) is 4.98 Å². The van der Waals surface area contributed by atoms with E-state index in [-0.39, 0.29) is 0 Å². The molecular formula is C13H15NO. The summed E-state index contributed by atoms with van der Waals surface area (Å²) in [7, 11) is 0. The molecule has 0 aliphatic rings. The van der Waals surface area contributed by atoms with Crippen molar-refractivity contribution in [2.24, 2.45) is 0 Å². The predicted octanol–water partition coefficient (Wildman–Crippen LogP) is 2.71. The Morgan fingerprint density at radius 3 is 2.33 bits per heavy atom. The van der Waals surface area contributed by atoms with Crippen molar-refractivity contribution in [2.45, 2.75) is 20.0 Å². The van der Waals surface area contributed by atoms with Crippen LogP contribution in [0.2, 0.25) is 0 Å². The predicted molar refractivity (Wildman–Crippen MR) is 60.8 cm³/mol. The van der Waals surface area contributed by atoms with Crippen molar-refractivity contribution in [3.8, 4) is 0 Å². The van der Waals surface area contributed by atoms with Gasteiger partial charge in [-0.1, -0.05) is 30.3 Å². The molecule has 0 aliphatic carbocycles. The van der Waals surface area contributed by atoms with Crippen LogP contribution in [0.5, 0.6) is 0 Å². The molecule has 0 saturated carbocycles. The quantitative estimate of drug-likeness (QED) is 0.770. The zero-order chi connectivity index (χ0) is 10.8. The molecule has 0 fully saturated rings. The normalized spacial score (nSPS) is 12.7. The first-order valence-corrected chi connectivity index (χ1v) is 5.07. The number of H-pyrrole nitrogens is 1. The molecule has 1 atom stereocenters. The van der Waals surface area contributed by atoms with E-state index < -0.39 is 6.10 Å². The second-order valence-electron chi connectivity index (χ2n) is 3.82. The average Bonchev–Trinajstić information content (AvgIpc) is 2.60. The van der Waals surface area contributed by atoms with Crippen LogP contribution >= 0.6 is 0 Å². The molecule has 0 aliphatic heterocycles. The maximum Gasteiger partial charge on any atom is 0.119 e. The Morgan fingerprint density at radius 1 is 1.13 bits per heavy atom. The number of aliphatic hydroxyl groups excluding tert-OH is 1. The van der Waals surface area contributed by atoms with Gasteiger partial charge in [0, 0.05) is 6.20 Å². The second kappa shape index (κ2) is 3.91. The lowest BCUT2D eigenvalue weighted by atomic mass is 10.0. The van der Waals surface area contributed by atoms with Crippen LogP contribution in [-0.4, -0.2) is 10.1 Å². The van der Waals surface area contributed by atoms with Gasteiger partial charge in [-0.3, -0.25) is 0 Å². The minimum atomic E-state index is -0.556. The summed E-state index contributed by atoms with van der Waals surface area (Å²) in [6, 6.07) is 9.68. The number of nitrogens with one attached hydrogen (secondary N) is 1. The minimum absolute atomic E-state index is 0.556. The molecule has 1 heterocycles. The van der Waals surface area contributed by atoms with Crippen LogP contribution in [0.25, 0.3) is 0 Å². The Labute approximate surface area is 89.6 Å². The molecule has 1 aromatic heterocycles. The Bertz CT molecular complexity index is 445. The van der Waals surface area contributed by atoms with Gasteiger partial charge in [-0.05, 0) is 30.5 Å². The lowest BCUT2D eigenvalue weighted by Gasteiger charge is -2.10. The summed E-state index contributed by atoms with van der Waals surface area (Å²) in [5.74, 6) is 0. The molecule has 78 valence electrons. The molecule has 2 rings (SSSR count). The largest absolute Gasteiger partial charge is 0.382 e. The monoisotopic (exact) mass is 201 g/mol. The fraction of sp³-hybridized carbons (Fsp3) is 0.231. The van der Waals surface area contributed by atoms with Crippen molar-refractivity contribution in [2.75, 3.05) is 0 Å². The molecule has 2 heteroatoms. The summed E-state index contributed by atoms with van der Waals surface area (Å²) >= 11 is 0. The number of aliphatic hydroxyl groups is 1. The van der Waals surface area contributed by atoms with Gasteiger partial charge in [0.2, 0.25) is 0 Å². The lowest BCUT2D eigenvalue weighted by Crippen LogP contribution is -2.01. The van der Waals surface area contributed by atoms with Gasteiger partial charge in [-0.25, -0.2) is 0 Å². The van der Waals surface area contributed by atoms with Gasteiger partial charge in [0.25, 0.3) is 0 Å². The van der Waals surface area contributed by atoms with Crippen LogP contribution < -0.4 is 0 Å². The molecule has 2 aromatic rings. The van der Waals surface area contributed by atoms with Crippen LogP contribution in [0.1, 0.15) is 28.5 Å². The molecule has 1 aromatic carbocycles. The number of hydrogen-bond acceptors (Lipinski definition) is 1. The van der Waals surface area contributed by atoms with E-state index in [1.807, 2.05) is 50.4 Å². The van der Waals surface area contributed by atoms with Crippen molar-refractivity contribution in [1.82, 2.24) is 4.98 Å². The molecule has 0 bridgehead atoms. The maximum atomic E-state index is 10.2. The van der Waals surface area contributed by atoms with Crippen molar-refractivity contribution in [3.63, 3.8) is 0 Å². The lowest BCUT2D eigenvalue weighted by molar-refractivity contribution is 0.215. The Balaban J connectivity index is 2.37. The molecule has 0 spiro atoms. The number of aromatic nitrogens is 1. The first kappa shape index (κ1) is 9.99. The molecule has 2 N–H and O–H groups in total. The number of aromatic amines is 1. The van der Waals surface area contributed by atoms with E-state index in [1.54, 1.807) is 0 Å². The van der Waals surface area contributed by atoms with E-state index >= 15 is 0 Å². The Hall–Kier alpha value is -1.54. The maximum absolute atomic E-state index is 10.2. The second-order valence-corrected chi connectivity index (χ2v) is 3.82. The van der Waals surface area contributed by atoms with Gasteiger partial charge in [-0.15, -0.1) is 0 Å². The summed E-state index contributed by atoms with van der Waals surface area (Å²) < 4.78 is 0. The Kier molecular flexibility index (Phi) is 2.60. The van der Waals surface area contributed by atoms with E-state index in [9.17, 15) is 5.11 Å². The highest BCUT2D eigenvalue weighted by Crippen LogP contribution is 2.24. The van der Waals surface area contributed by atoms with Crippen LogP contribution in [0.4, 0.5) is 0 Å². The summed E-state index contributed by atoms with van der Waals surface area (Å²) in [6.07, 6.45) is 1.37. The van der Waals surface area contributed by atoms with Gasteiger partial charge in [0.05, 0.1) is 5.69 Å². The fourth-order valence-corrected chi connectivity index (χ4v) is 1.70. The third kappa shape index (κ3) is 1.81. The van der Waals surface area contributed by atoms with E-state index in [0.29, 0.717) is 0 Å². The summed E-state index contributed by atoms with van der Waals surface area (Å²) in [6.45, 7) is 4.06. The van der Waals surface area contributed by atoms with Gasteiger partial charge in [0.15, 0.2) is 0 Å². The molecule has 15 heavy (non-hydrogen) atoms. The van der Waals surface area contributed by atoms with Gasteiger partial charge >= 0.3 is 0 Å². The number of rotatable bonds is 2. The zero-order valence-electron chi connectivity index (χ0n) is 8.99. The van der Waals surface area contributed by atoms with Crippen LogP contribution in [0.15, 0.2) is 36.5 Å². The van der Waals surface area contributed by atoms with E-state index in [0.717, 1.165) is 16.8 Å². The van der Waals surface area contributed by atoms with Crippen LogP contribution in [-0.2, 0) is 0 Å². The highest BCUT2D eigenvalue weighted by molar-refractivity contribution is 5.35. The minimum Gasteiger partial charge on any atom is -0.382 e. The van der Waals surface area contributed by atoms with Crippen molar-refractivity contribution in [3.05, 3.63) is 58.9 Å². The topological polar surface area (TPSA) is 36.0 Å². The molecule has 0 radical (unpaired) electrons. The molecule has 0 amide bonds. The fourth-order valence-electron chi connectivity index (χ4n) is 1.70. The zero-order valence-corrected chi connectivity index (χ0v) is 8.99. The van der Waals surface area contributed by atoms with Gasteiger partial charge in [-0.2, -0.15) is 0 Å². The third-order valence-electron chi connectivity index (χ3n) is 2.83. The van der Waals surface area contributed by atoms with Crippen LogP contribution in [0.3, 0.4) is 0 Å². The van der Waals surface area contributed by atoms with Crippen molar-refractivity contribution >= 4 is 0 Å². The van der Waals surface area contributed by atoms with Crippen LogP contribution in [0, 0.1) is 13.8 Å². The summed E-state index contributed by atoms with van der Waals surface area (Å²) in [4.78, 5) is 3.12. The number of aryl methyl sites for hydroxylation is 1. The summed E-state index contributed by atoms with van der Waals surface area (Å²) in [5.41, 5.74) is 4.12. The van der Waals surface area contributed by atoms with E-state index in [4.69, 9.17) is 0 Å². The first-order chi connectivity index (χ1) is 7.20. The number of benzene rings is 1. The first-order valence-electron chi connectivity index (χ1n) is 5.07. The smallest absolute Gasteiger partial charge is 0.119 e. The molecule has 1 unspecified atom stereocenters. The highest BCUT2D eigenvalue weighted by atomic mass is 16.3.